The molecule has 0 bridgehead atoms. The van der Waals surface area contributed by atoms with Crippen LogP contribution >= 0.6 is 11.3 Å². The van der Waals surface area contributed by atoms with Crippen molar-refractivity contribution in [1.82, 2.24) is 5.32 Å². The molecule has 2 rings (SSSR count). The molecule has 0 unspecified atom stereocenters. The Bertz CT molecular complexity index is 382. The van der Waals surface area contributed by atoms with E-state index in [0.717, 1.165) is 19.3 Å². The quantitative estimate of drug-likeness (QED) is 0.842. The predicted octanol–water partition coefficient (Wildman–Crippen LogP) is 1.94. The number of hydrogen-bond acceptors (Lipinski definition) is 3. The van der Waals surface area contributed by atoms with Crippen molar-refractivity contribution in [2.75, 3.05) is 0 Å². The van der Waals surface area contributed by atoms with Crippen molar-refractivity contribution in [3.63, 3.8) is 0 Å². The van der Waals surface area contributed by atoms with Crippen molar-refractivity contribution >= 4 is 17.2 Å². The van der Waals surface area contributed by atoms with Gasteiger partial charge in [-0.05, 0) is 38.3 Å². The Hall–Kier alpha value is -0.870. The summed E-state index contributed by atoms with van der Waals surface area (Å²) >= 11 is 1.72. The highest BCUT2D eigenvalue weighted by Crippen LogP contribution is 2.31. The van der Waals surface area contributed by atoms with Gasteiger partial charge in [-0.2, -0.15) is 0 Å². The lowest BCUT2D eigenvalue weighted by molar-refractivity contribution is -0.123. The van der Waals surface area contributed by atoms with Gasteiger partial charge in [0, 0.05) is 21.7 Å². The number of hydrogen-bond donors (Lipinski definition) is 2. The highest BCUT2D eigenvalue weighted by molar-refractivity contribution is 7.11. The molecule has 3 N–H and O–H groups in total. The minimum absolute atomic E-state index is 0.0771. The molecule has 1 saturated carbocycles. The Balaban J connectivity index is 1.75. The smallest absolute Gasteiger partial charge is 0.222 e. The SMILES string of the molecule is Cc1ccc(CNC(=O)CC2(N)CCC2)s1. The normalized spacial score (nSPS) is 17.9. The van der Waals surface area contributed by atoms with Crippen molar-refractivity contribution in [1.29, 1.82) is 0 Å². The number of aryl methyl sites for hydroxylation is 1. The van der Waals surface area contributed by atoms with Gasteiger partial charge in [0.1, 0.15) is 0 Å². The second-order valence-electron chi connectivity index (χ2n) is 4.68. The van der Waals surface area contributed by atoms with Crippen LogP contribution in [-0.2, 0) is 11.3 Å². The van der Waals surface area contributed by atoms with Crippen molar-refractivity contribution in [3.05, 3.63) is 21.9 Å². The Morgan fingerprint density at radius 3 is 2.81 bits per heavy atom. The standard InChI is InChI=1S/C12H18N2OS/c1-9-3-4-10(16-9)8-14-11(15)7-12(13)5-2-6-12/h3-4H,2,5-8,13H2,1H3,(H,14,15). The molecule has 1 amide bonds. The second-order valence-corrected chi connectivity index (χ2v) is 6.05. The molecule has 0 aromatic carbocycles. The lowest BCUT2D eigenvalue weighted by Gasteiger charge is -2.37. The highest BCUT2D eigenvalue weighted by atomic mass is 32.1. The third kappa shape index (κ3) is 2.83. The van der Waals surface area contributed by atoms with Gasteiger partial charge in [0.15, 0.2) is 0 Å². The first kappa shape index (κ1) is 11.6. The first-order chi connectivity index (χ1) is 7.57. The van der Waals surface area contributed by atoms with E-state index in [1.165, 1.54) is 9.75 Å². The topological polar surface area (TPSA) is 55.1 Å². The van der Waals surface area contributed by atoms with Crippen LogP contribution in [0, 0.1) is 6.92 Å². The zero-order valence-corrected chi connectivity index (χ0v) is 10.4. The van der Waals surface area contributed by atoms with Gasteiger partial charge in [-0.15, -0.1) is 11.3 Å². The van der Waals surface area contributed by atoms with Gasteiger partial charge in [-0.25, -0.2) is 0 Å². The van der Waals surface area contributed by atoms with Gasteiger partial charge in [0.05, 0.1) is 6.54 Å². The molecule has 1 aliphatic carbocycles. The van der Waals surface area contributed by atoms with Crippen LogP contribution in [0.2, 0.25) is 0 Å². The number of nitrogens with two attached hydrogens (primary N) is 1. The van der Waals surface area contributed by atoms with Crippen LogP contribution in [0.1, 0.15) is 35.4 Å². The lowest BCUT2D eigenvalue weighted by Crippen LogP contribution is -2.49. The zero-order valence-electron chi connectivity index (χ0n) is 9.58. The molecule has 0 atom stereocenters. The number of rotatable bonds is 4. The van der Waals surface area contributed by atoms with Crippen LogP contribution in [-0.4, -0.2) is 11.4 Å². The summed E-state index contributed by atoms with van der Waals surface area (Å²) in [6.45, 7) is 2.70. The molecule has 0 radical (unpaired) electrons. The summed E-state index contributed by atoms with van der Waals surface area (Å²) in [6.07, 6.45) is 3.60. The minimum atomic E-state index is -0.213. The molecule has 3 nitrogen and oxygen atoms in total. The number of thiophene rings is 1. The third-order valence-electron chi connectivity index (χ3n) is 3.12. The molecular formula is C12H18N2OS. The number of amides is 1. The van der Waals surface area contributed by atoms with Gasteiger partial charge in [0.25, 0.3) is 0 Å². The summed E-state index contributed by atoms with van der Waals surface area (Å²) < 4.78 is 0. The van der Waals surface area contributed by atoms with E-state index in [0.29, 0.717) is 13.0 Å². The van der Waals surface area contributed by atoms with Gasteiger partial charge in [-0.1, -0.05) is 0 Å². The Labute approximate surface area is 100 Å². The molecule has 1 heterocycles. The van der Waals surface area contributed by atoms with E-state index >= 15 is 0 Å². The fourth-order valence-electron chi connectivity index (χ4n) is 1.96. The second kappa shape index (κ2) is 4.55. The van der Waals surface area contributed by atoms with Gasteiger partial charge in [-0.3, -0.25) is 4.79 Å². The molecule has 0 saturated heterocycles. The summed E-state index contributed by atoms with van der Waals surface area (Å²) in [4.78, 5) is 14.1. The Kier molecular flexibility index (Phi) is 3.30. The molecule has 0 aliphatic heterocycles. The summed E-state index contributed by atoms with van der Waals surface area (Å²) in [6, 6.07) is 4.13. The fraction of sp³-hybridized carbons (Fsp3) is 0.583. The average Bonchev–Trinajstić information content (AvgIpc) is 2.59. The van der Waals surface area contributed by atoms with Crippen LogP contribution in [0.3, 0.4) is 0 Å². The Morgan fingerprint density at radius 1 is 1.56 bits per heavy atom. The monoisotopic (exact) mass is 238 g/mol. The highest BCUT2D eigenvalue weighted by Gasteiger charge is 2.34. The number of nitrogens with one attached hydrogen (secondary N) is 1. The minimum Gasteiger partial charge on any atom is -0.351 e. The van der Waals surface area contributed by atoms with Gasteiger partial charge < -0.3 is 11.1 Å². The molecule has 0 spiro atoms. The maximum atomic E-state index is 11.6. The van der Waals surface area contributed by atoms with E-state index in [2.05, 4.69) is 24.4 Å². The number of carbonyl (C=O) groups excluding carboxylic acids is 1. The summed E-state index contributed by atoms with van der Waals surface area (Å²) in [5.74, 6) is 0.0771. The molecular weight excluding hydrogens is 220 g/mol. The molecule has 4 heteroatoms. The van der Waals surface area contributed by atoms with E-state index in [4.69, 9.17) is 5.73 Å². The number of carbonyl (C=O) groups is 1. The average molecular weight is 238 g/mol. The van der Waals surface area contributed by atoms with Crippen molar-refractivity contribution in [2.24, 2.45) is 5.73 Å². The first-order valence-electron chi connectivity index (χ1n) is 5.68. The molecule has 1 aromatic heterocycles. The summed E-state index contributed by atoms with van der Waals surface area (Å²) in [5, 5.41) is 2.93. The molecule has 16 heavy (non-hydrogen) atoms. The van der Waals surface area contributed by atoms with E-state index in [-0.39, 0.29) is 11.4 Å². The van der Waals surface area contributed by atoms with Crippen molar-refractivity contribution < 1.29 is 4.79 Å². The van der Waals surface area contributed by atoms with E-state index in [1.54, 1.807) is 11.3 Å². The van der Waals surface area contributed by atoms with Crippen molar-refractivity contribution in [3.8, 4) is 0 Å². The molecule has 1 aromatic rings. The van der Waals surface area contributed by atoms with Crippen LogP contribution in [0.5, 0.6) is 0 Å². The van der Waals surface area contributed by atoms with E-state index in [9.17, 15) is 4.79 Å². The zero-order chi connectivity index (χ0) is 11.6. The Morgan fingerprint density at radius 2 is 2.31 bits per heavy atom. The lowest BCUT2D eigenvalue weighted by atomic mass is 9.75. The van der Waals surface area contributed by atoms with Crippen LogP contribution in [0.4, 0.5) is 0 Å². The van der Waals surface area contributed by atoms with Crippen LogP contribution < -0.4 is 11.1 Å². The third-order valence-corrected chi connectivity index (χ3v) is 4.12. The van der Waals surface area contributed by atoms with Crippen LogP contribution in [0.25, 0.3) is 0 Å². The van der Waals surface area contributed by atoms with E-state index < -0.39 is 0 Å². The largest absolute Gasteiger partial charge is 0.351 e. The predicted molar refractivity (Wildman–Crippen MR) is 66.3 cm³/mol. The summed E-state index contributed by atoms with van der Waals surface area (Å²) in [7, 11) is 0. The first-order valence-corrected chi connectivity index (χ1v) is 6.50. The maximum absolute atomic E-state index is 11.6. The van der Waals surface area contributed by atoms with Crippen molar-refractivity contribution in [2.45, 2.75) is 44.7 Å². The molecule has 1 fully saturated rings. The van der Waals surface area contributed by atoms with Gasteiger partial charge >= 0.3 is 0 Å². The van der Waals surface area contributed by atoms with E-state index in [1.807, 2.05) is 0 Å². The fourth-order valence-corrected chi connectivity index (χ4v) is 2.79. The molecule has 88 valence electrons. The maximum Gasteiger partial charge on any atom is 0.222 e. The summed E-state index contributed by atoms with van der Waals surface area (Å²) in [5.41, 5.74) is 5.81. The van der Waals surface area contributed by atoms with Crippen LogP contribution in [0.15, 0.2) is 12.1 Å². The van der Waals surface area contributed by atoms with Gasteiger partial charge in [0.2, 0.25) is 5.91 Å². The molecule has 1 aliphatic rings.